The number of methoxy groups -OCH3 is 2. The van der Waals surface area contributed by atoms with Crippen molar-refractivity contribution in [2.45, 2.75) is 64.1 Å². The number of sulfonamides is 1. The molecule has 0 unspecified atom stereocenters. The molecule has 12 nitrogen and oxygen atoms in total. The molecule has 3 rings (SSSR count). The van der Waals surface area contributed by atoms with E-state index < -0.39 is 55.5 Å². The Morgan fingerprint density at radius 3 is 2.33 bits per heavy atom. The minimum Gasteiger partial charge on any atom is -0.497 e. The van der Waals surface area contributed by atoms with Crippen molar-refractivity contribution in [1.82, 2.24) is 10.2 Å². The second-order valence-electron chi connectivity index (χ2n) is 11.6. The van der Waals surface area contributed by atoms with Crippen molar-refractivity contribution in [2.75, 3.05) is 25.1 Å². The lowest BCUT2D eigenvalue weighted by atomic mass is 10.1. The van der Waals surface area contributed by atoms with Crippen LogP contribution in [0.3, 0.4) is 0 Å². The van der Waals surface area contributed by atoms with E-state index in [-0.39, 0.29) is 35.0 Å². The predicted octanol–water partition coefficient (Wildman–Crippen LogP) is 5.49. The quantitative estimate of drug-likeness (QED) is 0.185. The fraction of sp³-hybridized carbons (Fsp3) is 0.375. The summed E-state index contributed by atoms with van der Waals surface area (Å²) < 4.78 is 40.2. The summed E-state index contributed by atoms with van der Waals surface area (Å²) in [4.78, 5) is 39.8. The van der Waals surface area contributed by atoms with Crippen molar-refractivity contribution in [3.05, 3.63) is 86.9 Å². The van der Waals surface area contributed by atoms with Gasteiger partial charge in [-0.3, -0.25) is 24.0 Å². The molecular formula is C32H39ClN4O8S. The Morgan fingerprint density at radius 2 is 1.74 bits per heavy atom. The molecule has 0 saturated heterocycles. The van der Waals surface area contributed by atoms with E-state index in [1.807, 2.05) is 20.8 Å². The van der Waals surface area contributed by atoms with E-state index in [2.05, 4.69) is 5.32 Å². The largest absolute Gasteiger partial charge is 0.497 e. The first-order valence-electron chi connectivity index (χ1n) is 14.4. The summed E-state index contributed by atoms with van der Waals surface area (Å²) >= 11 is 6.29. The lowest BCUT2D eigenvalue weighted by molar-refractivity contribution is -0.385. The second kappa shape index (κ2) is 14.8. The van der Waals surface area contributed by atoms with Gasteiger partial charge in [0.1, 0.15) is 24.1 Å². The summed E-state index contributed by atoms with van der Waals surface area (Å²) in [6.07, 6.45) is 0.217. The number of carbonyl (C=O) groups excluding carboxylic acids is 2. The van der Waals surface area contributed by atoms with Crippen LogP contribution in [0.4, 0.5) is 11.4 Å². The molecule has 0 bridgehead atoms. The third kappa shape index (κ3) is 8.67. The highest BCUT2D eigenvalue weighted by atomic mass is 35.5. The highest BCUT2D eigenvalue weighted by Gasteiger charge is 2.36. The number of benzene rings is 3. The van der Waals surface area contributed by atoms with E-state index >= 15 is 0 Å². The Morgan fingerprint density at radius 1 is 1.04 bits per heavy atom. The Balaban J connectivity index is 2.21. The fourth-order valence-corrected chi connectivity index (χ4v) is 6.39. The maximum absolute atomic E-state index is 14.4. The van der Waals surface area contributed by atoms with Gasteiger partial charge in [-0.1, -0.05) is 36.7 Å². The number of anilines is 1. The molecule has 0 aliphatic heterocycles. The van der Waals surface area contributed by atoms with Gasteiger partial charge in [-0.25, -0.2) is 8.42 Å². The summed E-state index contributed by atoms with van der Waals surface area (Å²) in [5.41, 5.74) is -0.195. The van der Waals surface area contributed by atoms with E-state index in [0.29, 0.717) is 11.3 Å². The van der Waals surface area contributed by atoms with Gasteiger partial charge in [0.15, 0.2) is 0 Å². The van der Waals surface area contributed by atoms with Gasteiger partial charge < -0.3 is 19.7 Å². The Bertz CT molecular complexity index is 1710. The first kappa shape index (κ1) is 36.1. The van der Waals surface area contributed by atoms with Gasteiger partial charge in [-0.15, -0.1) is 0 Å². The summed E-state index contributed by atoms with van der Waals surface area (Å²) in [5.74, 6) is -0.522. The van der Waals surface area contributed by atoms with Crippen molar-refractivity contribution in [1.29, 1.82) is 0 Å². The third-order valence-electron chi connectivity index (χ3n) is 7.02. The summed E-state index contributed by atoms with van der Waals surface area (Å²) in [7, 11) is -1.81. The molecule has 1 atom stereocenters. The smallest absolute Gasteiger partial charge is 0.273 e. The molecule has 46 heavy (non-hydrogen) atoms. The molecule has 14 heteroatoms. The van der Waals surface area contributed by atoms with Gasteiger partial charge in [-0.2, -0.15) is 0 Å². The third-order valence-corrected chi connectivity index (χ3v) is 9.02. The average Bonchev–Trinajstić information content (AvgIpc) is 2.98. The van der Waals surface area contributed by atoms with E-state index in [1.54, 1.807) is 31.2 Å². The van der Waals surface area contributed by atoms with Crippen LogP contribution in [0, 0.1) is 17.0 Å². The number of halogens is 1. The number of nitro groups is 1. The number of rotatable bonds is 13. The number of nitro benzene ring substituents is 1. The van der Waals surface area contributed by atoms with E-state index in [4.69, 9.17) is 21.1 Å². The number of aryl methyl sites for hydroxylation is 1. The van der Waals surface area contributed by atoms with Crippen LogP contribution in [0.5, 0.6) is 11.5 Å². The Hall–Kier alpha value is -4.36. The van der Waals surface area contributed by atoms with Gasteiger partial charge >= 0.3 is 0 Å². The molecule has 3 aromatic rings. The van der Waals surface area contributed by atoms with Crippen LogP contribution in [0.2, 0.25) is 5.02 Å². The standard InChI is InChI=1S/C32H39ClN4O8S/c1-8-26(31(39)34-32(3,4)5)35(19-22-10-9-11-24(16-22)44-6)30(38)20-36(28-17-23(33)13-15-29(28)45-7)46(42,43)25-14-12-21(2)27(18-25)37(40)41/h9-18,26H,8,19-20H2,1-7H3,(H,34,39)/t26-/m0/s1. The summed E-state index contributed by atoms with van der Waals surface area (Å²) in [5, 5.41) is 14.8. The van der Waals surface area contributed by atoms with Gasteiger partial charge in [0.05, 0.1) is 29.7 Å². The molecule has 0 spiro atoms. The highest BCUT2D eigenvalue weighted by Crippen LogP contribution is 2.36. The minimum atomic E-state index is -4.65. The molecule has 0 heterocycles. The normalized spacial score (nSPS) is 12.2. The van der Waals surface area contributed by atoms with E-state index in [1.165, 1.54) is 56.4 Å². The number of ether oxygens (including phenoxy) is 2. The van der Waals surface area contributed by atoms with Crippen LogP contribution in [-0.2, 0) is 26.2 Å². The lowest BCUT2D eigenvalue weighted by Gasteiger charge is -2.35. The molecule has 248 valence electrons. The molecule has 0 fully saturated rings. The molecule has 2 amide bonds. The van der Waals surface area contributed by atoms with E-state index in [9.17, 15) is 28.1 Å². The second-order valence-corrected chi connectivity index (χ2v) is 13.9. The summed E-state index contributed by atoms with van der Waals surface area (Å²) in [6, 6.07) is 13.7. The van der Waals surface area contributed by atoms with Crippen LogP contribution in [0.1, 0.15) is 45.2 Å². The first-order valence-corrected chi connectivity index (χ1v) is 16.2. The monoisotopic (exact) mass is 674 g/mol. The zero-order valence-corrected chi connectivity index (χ0v) is 28.4. The maximum atomic E-state index is 14.4. The Labute approximate surface area is 274 Å². The summed E-state index contributed by atoms with van der Waals surface area (Å²) in [6.45, 7) is 7.83. The number of nitrogens with one attached hydrogen (secondary N) is 1. The first-order chi connectivity index (χ1) is 21.5. The van der Waals surface area contributed by atoms with Crippen LogP contribution in [0.25, 0.3) is 0 Å². The molecule has 0 aromatic heterocycles. The SMILES string of the molecule is CC[C@@H](C(=O)NC(C)(C)C)N(Cc1cccc(OC)c1)C(=O)CN(c1cc(Cl)ccc1OC)S(=O)(=O)c1ccc(C)c([N+](=O)[O-])c1. The van der Waals surface area contributed by atoms with Crippen LogP contribution < -0.4 is 19.1 Å². The molecule has 0 aliphatic rings. The van der Waals surface area contributed by atoms with Gasteiger partial charge in [0.25, 0.3) is 15.7 Å². The van der Waals surface area contributed by atoms with Gasteiger partial charge in [-0.05, 0) is 76.1 Å². The predicted molar refractivity (Wildman–Crippen MR) is 176 cm³/mol. The Kier molecular flexibility index (Phi) is 11.6. The molecular weight excluding hydrogens is 636 g/mol. The number of hydrogen-bond donors (Lipinski definition) is 1. The topological polar surface area (TPSA) is 148 Å². The molecule has 3 aromatic carbocycles. The number of carbonyl (C=O) groups is 2. The van der Waals surface area contributed by atoms with Crippen LogP contribution in [0.15, 0.2) is 65.6 Å². The number of amides is 2. The molecule has 0 aliphatic carbocycles. The molecule has 0 radical (unpaired) electrons. The van der Waals surface area contributed by atoms with Gasteiger partial charge in [0.2, 0.25) is 11.8 Å². The van der Waals surface area contributed by atoms with Gasteiger partial charge in [0, 0.05) is 28.7 Å². The van der Waals surface area contributed by atoms with Crippen molar-refractivity contribution in [3.63, 3.8) is 0 Å². The lowest BCUT2D eigenvalue weighted by Crippen LogP contribution is -2.55. The maximum Gasteiger partial charge on any atom is 0.273 e. The minimum absolute atomic E-state index is 0.0529. The number of nitrogens with zero attached hydrogens (tertiary/aromatic N) is 3. The van der Waals surface area contributed by atoms with Crippen molar-refractivity contribution < 1.29 is 32.4 Å². The van der Waals surface area contributed by atoms with Crippen molar-refractivity contribution in [3.8, 4) is 11.5 Å². The van der Waals surface area contributed by atoms with E-state index in [0.717, 1.165) is 10.4 Å². The van der Waals surface area contributed by atoms with Crippen LogP contribution >= 0.6 is 11.6 Å². The highest BCUT2D eigenvalue weighted by molar-refractivity contribution is 7.92. The molecule has 1 N–H and O–H groups in total. The fourth-order valence-electron chi connectivity index (χ4n) is 4.78. The van der Waals surface area contributed by atoms with Crippen molar-refractivity contribution >= 4 is 44.8 Å². The van der Waals surface area contributed by atoms with Crippen LogP contribution in [-0.4, -0.2) is 62.4 Å². The van der Waals surface area contributed by atoms with Crippen molar-refractivity contribution in [2.24, 2.45) is 0 Å². The number of hydrogen-bond acceptors (Lipinski definition) is 8. The average molecular weight is 675 g/mol. The molecule has 0 saturated carbocycles. The zero-order chi connectivity index (χ0) is 34.4. The zero-order valence-electron chi connectivity index (χ0n) is 26.9.